The molecule has 0 aliphatic rings. The molecule has 1 N–H and O–H groups in total. The summed E-state index contributed by atoms with van der Waals surface area (Å²) in [7, 11) is 0. The largest absolute Gasteiger partial charge is 0.478 e. The van der Waals surface area contributed by atoms with E-state index in [-0.39, 0.29) is 11.5 Å². The van der Waals surface area contributed by atoms with E-state index < -0.39 is 5.97 Å². The Balaban J connectivity index is 2.63. The van der Waals surface area contributed by atoms with Crippen molar-refractivity contribution >= 4 is 17.6 Å². The third-order valence-corrected chi connectivity index (χ3v) is 4.10. The van der Waals surface area contributed by atoms with Gasteiger partial charge in [-0.05, 0) is 43.0 Å². The van der Waals surface area contributed by atoms with Crippen molar-refractivity contribution < 1.29 is 9.90 Å². The molecule has 1 aromatic carbocycles. The second kappa shape index (κ2) is 7.55. The van der Waals surface area contributed by atoms with Gasteiger partial charge < -0.3 is 5.11 Å². The number of carboxylic acids is 1. The number of aromatic carboxylic acids is 1. The first-order valence-corrected chi connectivity index (χ1v) is 8.25. The quantitative estimate of drug-likeness (QED) is 0.811. The zero-order valence-electron chi connectivity index (χ0n) is 13.6. The highest BCUT2D eigenvalue weighted by atomic mass is 35.5. The van der Waals surface area contributed by atoms with Gasteiger partial charge in [-0.3, -0.25) is 0 Å². The minimum Gasteiger partial charge on any atom is -0.478 e. The van der Waals surface area contributed by atoms with Crippen LogP contribution in [0.15, 0.2) is 24.3 Å². The predicted molar refractivity (Wildman–Crippen MR) is 92.1 cm³/mol. The standard InChI is InChI=1S/C18H21ClN2O2/c1-4-6-11(3)16-15(18(22)23)14(5-2)20-17(21-16)12-7-9-13(19)10-8-12/h7-11H,4-6H2,1-3H3,(H,22,23). The van der Waals surface area contributed by atoms with Crippen LogP contribution >= 0.6 is 11.6 Å². The van der Waals surface area contributed by atoms with E-state index in [0.29, 0.717) is 28.7 Å². The molecule has 0 saturated carbocycles. The Morgan fingerprint density at radius 3 is 2.39 bits per heavy atom. The molecule has 0 aliphatic heterocycles. The lowest BCUT2D eigenvalue weighted by Crippen LogP contribution is -2.14. The SMILES string of the molecule is CCCC(C)c1nc(-c2ccc(Cl)cc2)nc(CC)c1C(=O)O. The maximum absolute atomic E-state index is 11.7. The van der Waals surface area contributed by atoms with Crippen molar-refractivity contribution in [1.29, 1.82) is 0 Å². The van der Waals surface area contributed by atoms with E-state index in [9.17, 15) is 9.90 Å². The van der Waals surface area contributed by atoms with Gasteiger partial charge in [0.05, 0.1) is 11.4 Å². The van der Waals surface area contributed by atoms with Crippen molar-refractivity contribution in [1.82, 2.24) is 9.97 Å². The van der Waals surface area contributed by atoms with Crippen LogP contribution in [-0.4, -0.2) is 21.0 Å². The number of nitrogens with zero attached hydrogens (tertiary/aromatic N) is 2. The lowest BCUT2D eigenvalue weighted by atomic mass is 9.95. The molecule has 2 rings (SSSR count). The molecule has 0 amide bonds. The van der Waals surface area contributed by atoms with Gasteiger partial charge in [-0.15, -0.1) is 0 Å². The zero-order valence-corrected chi connectivity index (χ0v) is 14.4. The van der Waals surface area contributed by atoms with E-state index in [0.717, 1.165) is 18.4 Å². The molecule has 0 saturated heterocycles. The summed E-state index contributed by atoms with van der Waals surface area (Å²) in [5.41, 5.74) is 2.30. The average Bonchev–Trinajstić information content (AvgIpc) is 2.54. The molecule has 0 radical (unpaired) electrons. The van der Waals surface area contributed by atoms with E-state index in [2.05, 4.69) is 16.9 Å². The first kappa shape index (κ1) is 17.4. The van der Waals surface area contributed by atoms with E-state index in [1.165, 1.54) is 0 Å². The lowest BCUT2D eigenvalue weighted by molar-refractivity contribution is 0.0692. The normalized spacial score (nSPS) is 12.2. The van der Waals surface area contributed by atoms with Crippen molar-refractivity contribution in [3.05, 3.63) is 46.2 Å². The summed E-state index contributed by atoms with van der Waals surface area (Å²) in [5.74, 6) is -0.325. The number of carboxylic acid groups (broad SMARTS) is 1. The summed E-state index contributed by atoms with van der Waals surface area (Å²) in [6.07, 6.45) is 2.42. The highest BCUT2D eigenvalue weighted by Crippen LogP contribution is 2.28. The highest BCUT2D eigenvalue weighted by Gasteiger charge is 2.23. The number of halogens is 1. The van der Waals surface area contributed by atoms with Gasteiger partial charge in [0, 0.05) is 10.6 Å². The maximum atomic E-state index is 11.7. The van der Waals surface area contributed by atoms with E-state index in [4.69, 9.17) is 11.6 Å². The Bertz CT molecular complexity index is 699. The molecule has 0 fully saturated rings. The zero-order chi connectivity index (χ0) is 17.0. The molecular weight excluding hydrogens is 312 g/mol. The second-order valence-corrected chi connectivity index (χ2v) is 6.05. The summed E-state index contributed by atoms with van der Waals surface area (Å²) in [6.45, 7) is 6.01. The first-order chi connectivity index (χ1) is 11.0. The van der Waals surface area contributed by atoms with E-state index >= 15 is 0 Å². The molecule has 1 unspecified atom stereocenters. The molecule has 23 heavy (non-hydrogen) atoms. The molecule has 5 heteroatoms. The van der Waals surface area contributed by atoms with Crippen molar-refractivity contribution in [2.75, 3.05) is 0 Å². The summed E-state index contributed by atoms with van der Waals surface area (Å²) < 4.78 is 0. The number of carbonyl (C=O) groups is 1. The second-order valence-electron chi connectivity index (χ2n) is 5.61. The van der Waals surface area contributed by atoms with Gasteiger partial charge in [0.25, 0.3) is 0 Å². The van der Waals surface area contributed by atoms with Gasteiger partial charge in [-0.2, -0.15) is 0 Å². The van der Waals surface area contributed by atoms with Crippen LogP contribution < -0.4 is 0 Å². The van der Waals surface area contributed by atoms with Crippen LogP contribution in [0.4, 0.5) is 0 Å². The van der Waals surface area contributed by atoms with Crippen LogP contribution in [-0.2, 0) is 6.42 Å². The minimum atomic E-state index is -0.956. The van der Waals surface area contributed by atoms with Crippen molar-refractivity contribution in [2.45, 2.75) is 46.0 Å². The van der Waals surface area contributed by atoms with Crippen molar-refractivity contribution in [3.63, 3.8) is 0 Å². The van der Waals surface area contributed by atoms with Crippen LogP contribution in [0.25, 0.3) is 11.4 Å². The molecule has 4 nitrogen and oxygen atoms in total. The number of rotatable bonds is 6. The van der Waals surface area contributed by atoms with Gasteiger partial charge in [0.15, 0.2) is 5.82 Å². The van der Waals surface area contributed by atoms with Crippen LogP contribution in [0.5, 0.6) is 0 Å². The topological polar surface area (TPSA) is 63.1 Å². The summed E-state index contributed by atoms with van der Waals surface area (Å²) in [5, 5.41) is 10.2. The van der Waals surface area contributed by atoms with Crippen molar-refractivity contribution in [2.24, 2.45) is 0 Å². The number of aromatic nitrogens is 2. The van der Waals surface area contributed by atoms with Crippen LogP contribution in [0, 0.1) is 0 Å². The summed E-state index contributed by atoms with van der Waals surface area (Å²) >= 11 is 5.93. The van der Waals surface area contributed by atoms with Gasteiger partial charge in [-0.25, -0.2) is 14.8 Å². The van der Waals surface area contributed by atoms with Crippen LogP contribution in [0.3, 0.4) is 0 Å². The molecule has 2 aromatic rings. The molecule has 0 spiro atoms. The number of hydrogen-bond donors (Lipinski definition) is 1. The monoisotopic (exact) mass is 332 g/mol. The third kappa shape index (κ3) is 3.88. The number of hydrogen-bond acceptors (Lipinski definition) is 3. The van der Waals surface area contributed by atoms with E-state index in [1.54, 1.807) is 12.1 Å². The van der Waals surface area contributed by atoms with Crippen LogP contribution in [0.2, 0.25) is 5.02 Å². The molecule has 0 aliphatic carbocycles. The average molecular weight is 333 g/mol. The highest BCUT2D eigenvalue weighted by molar-refractivity contribution is 6.30. The third-order valence-electron chi connectivity index (χ3n) is 3.85. The Hall–Kier alpha value is -1.94. The van der Waals surface area contributed by atoms with Gasteiger partial charge in [0.2, 0.25) is 0 Å². The van der Waals surface area contributed by atoms with Crippen LogP contribution in [0.1, 0.15) is 61.3 Å². The lowest BCUT2D eigenvalue weighted by Gasteiger charge is -2.16. The molecular formula is C18H21ClN2O2. The van der Waals surface area contributed by atoms with Gasteiger partial charge in [-0.1, -0.05) is 38.8 Å². The summed E-state index contributed by atoms with van der Waals surface area (Å²) in [6, 6.07) is 7.27. The number of benzene rings is 1. The maximum Gasteiger partial charge on any atom is 0.339 e. The predicted octanol–water partition coefficient (Wildman–Crippen LogP) is 4.96. The fourth-order valence-electron chi connectivity index (χ4n) is 2.67. The Morgan fingerprint density at radius 2 is 1.87 bits per heavy atom. The Labute approximate surface area is 141 Å². The van der Waals surface area contributed by atoms with Crippen molar-refractivity contribution in [3.8, 4) is 11.4 Å². The molecule has 1 atom stereocenters. The first-order valence-electron chi connectivity index (χ1n) is 7.87. The summed E-state index contributed by atoms with van der Waals surface area (Å²) in [4.78, 5) is 20.8. The fraction of sp³-hybridized carbons (Fsp3) is 0.389. The van der Waals surface area contributed by atoms with Gasteiger partial charge in [0.1, 0.15) is 5.56 Å². The minimum absolute atomic E-state index is 0.0745. The Morgan fingerprint density at radius 1 is 1.22 bits per heavy atom. The molecule has 122 valence electrons. The fourth-order valence-corrected chi connectivity index (χ4v) is 2.80. The molecule has 1 aromatic heterocycles. The van der Waals surface area contributed by atoms with E-state index in [1.807, 2.05) is 26.0 Å². The number of aryl methyl sites for hydroxylation is 1. The van der Waals surface area contributed by atoms with Gasteiger partial charge >= 0.3 is 5.97 Å². The smallest absolute Gasteiger partial charge is 0.339 e. The molecule has 1 heterocycles. The Kier molecular flexibility index (Phi) is 5.72. The molecule has 0 bridgehead atoms.